The molecule has 0 saturated heterocycles. The highest BCUT2D eigenvalue weighted by atomic mass is 127. The summed E-state index contributed by atoms with van der Waals surface area (Å²) in [4.78, 5) is 12.9. The fourth-order valence-corrected chi connectivity index (χ4v) is 3.57. The highest BCUT2D eigenvalue weighted by Gasteiger charge is 2.38. The summed E-state index contributed by atoms with van der Waals surface area (Å²) in [5.74, 6) is 0. The van der Waals surface area contributed by atoms with Crippen molar-refractivity contribution in [2.24, 2.45) is 0 Å². The molecule has 0 fully saturated rings. The first-order valence-corrected chi connectivity index (χ1v) is 9.86. The number of benzene rings is 1. The third kappa shape index (κ3) is 6.78. The number of hydrogen-bond donors (Lipinski definition) is 0. The fraction of sp³-hybridized carbons (Fsp3) is 0.421. The molecule has 0 unspecified atom stereocenters. The van der Waals surface area contributed by atoms with E-state index in [0.717, 1.165) is 18.1 Å². The average molecular weight is 587 g/mol. The number of alkyl halides is 9. The van der Waals surface area contributed by atoms with Gasteiger partial charge >= 0.3 is 24.6 Å². The Morgan fingerprint density at radius 1 is 0.906 bits per heavy atom. The molecule has 0 atom stereocenters. The zero-order chi connectivity index (χ0) is 24.5. The summed E-state index contributed by atoms with van der Waals surface area (Å²) in [5, 5.41) is 0. The lowest BCUT2D eigenvalue weighted by atomic mass is 9.98. The fourth-order valence-electron chi connectivity index (χ4n) is 2.97. The van der Waals surface area contributed by atoms with E-state index in [1.807, 2.05) is 0 Å². The zero-order valence-electron chi connectivity index (χ0n) is 16.2. The van der Waals surface area contributed by atoms with Crippen molar-refractivity contribution in [2.45, 2.75) is 37.9 Å². The van der Waals surface area contributed by atoms with Crippen LogP contribution in [0.3, 0.4) is 0 Å². The van der Waals surface area contributed by atoms with Crippen LogP contribution in [-0.2, 0) is 23.6 Å². The Kier molecular flexibility index (Phi) is 7.83. The second kappa shape index (κ2) is 9.51. The van der Waals surface area contributed by atoms with Gasteiger partial charge in [0.25, 0.3) is 0 Å². The second-order valence-electron chi connectivity index (χ2n) is 6.84. The van der Waals surface area contributed by atoms with Gasteiger partial charge in [0.1, 0.15) is 0 Å². The lowest BCUT2D eigenvalue weighted by molar-refractivity contribution is -0.143. The molecule has 0 aromatic heterocycles. The van der Waals surface area contributed by atoms with Crippen molar-refractivity contribution >= 4 is 28.7 Å². The van der Waals surface area contributed by atoms with Gasteiger partial charge in [-0.25, -0.2) is 4.79 Å². The molecule has 0 saturated carbocycles. The average Bonchev–Trinajstić information content (AvgIpc) is 2.65. The largest absolute Gasteiger partial charge is 0.453 e. The number of carbonyl (C=O) groups excluding carboxylic acids is 1. The molecule has 0 bridgehead atoms. The number of hydrogen-bond acceptors (Lipinski definition) is 2. The van der Waals surface area contributed by atoms with E-state index in [0.29, 0.717) is 15.7 Å². The van der Waals surface area contributed by atoms with Crippen LogP contribution in [0.25, 0.3) is 0 Å². The molecule has 0 radical (unpaired) electrons. The van der Waals surface area contributed by atoms with Gasteiger partial charge < -0.3 is 4.74 Å². The number of carbonyl (C=O) groups is 1. The smallest absolute Gasteiger partial charge is 0.416 e. The number of ether oxygens (including phenoxy) is 1. The van der Waals surface area contributed by atoms with Gasteiger partial charge in [-0.1, -0.05) is 0 Å². The lowest BCUT2D eigenvalue weighted by Gasteiger charge is -2.26. The van der Waals surface area contributed by atoms with Crippen molar-refractivity contribution in [1.29, 1.82) is 0 Å². The molecule has 1 aromatic carbocycles. The monoisotopic (exact) mass is 587 g/mol. The second-order valence-corrected chi connectivity index (χ2v) is 8.14. The van der Waals surface area contributed by atoms with E-state index < -0.39 is 60.0 Å². The number of amides is 1. The predicted octanol–water partition coefficient (Wildman–Crippen LogP) is 7.26. The van der Waals surface area contributed by atoms with Gasteiger partial charge in [-0.2, -0.15) is 39.5 Å². The van der Waals surface area contributed by atoms with E-state index in [9.17, 15) is 44.3 Å². The van der Waals surface area contributed by atoms with Crippen LogP contribution in [0.15, 0.2) is 39.0 Å². The van der Waals surface area contributed by atoms with Crippen LogP contribution in [0.2, 0.25) is 0 Å². The summed E-state index contributed by atoms with van der Waals surface area (Å²) in [5.41, 5.74) is -4.44. The van der Waals surface area contributed by atoms with Crippen molar-refractivity contribution in [3.05, 3.63) is 55.7 Å². The normalized spacial score (nSPS) is 15.5. The van der Waals surface area contributed by atoms with Gasteiger partial charge in [0, 0.05) is 12.1 Å². The van der Waals surface area contributed by atoms with E-state index in [2.05, 4.69) is 4.74 Å². The molecule has 178 valence electrons. The molecule has 1 aromatic rings. The first-order valence-electron chi connectivity index (χ1n) is 8.79. The van der Waals surface area contributed by atoms with Crippen molar-refractivity contribution in [2.75, 3.05) is 13.7 Å². The first kappa shape index (κ1) is 26.3. The Balaban J connectivity index is 2.44. The molecule has 32 heavy (non-hydrogen) atoms. The summed E-state index contributed by atoms with van der Waals surface area (Å²) in [6, 6.07) is 0.835. The number of halogens is 10. The summed E-state index contributed by atoms with van der Waals surface area (Å²) < 4.78 is 123. The number of rotatable bonds is 4. The van der Waals surface area contributed by atoms with Crippen LogP contribution in [0.1, 0.15) is 29.5 Å². The molecule has 1 amide bonds. The SMILES string of the molecule is COC(=O)N(CC1=C(I)CCC(C(F)(F)F)=C1)Cc1cc(C(F)(F)F)cc(C(F)(F)F)c1. The summed E-state index contributed by atoms with van der Waals surface area (Å²) in [6.45, 7) is -1.25. The minimum atomic E-state index is -5.09. The standard InChI is InChI=1S/C19H15F9INO2/c1-32-16(31)30(9-11-6-12(17(20,21)22)2-3-15(11)29)8-10-4-13(18(23,24)25)7-14(5-10)19(26,27)28/h4-7H,2-3,8-9H2,1H3. The van der Waals surface area contributed by atoms with E-state index in [4.69, 9.17) is 0 Å². The number of allylic oxidation sites excluding steroid dienone is 2. The van der Waals surface area contributed by atoms with E-state index in [1.165, 1.54) is 0 Å². The molecule has 1 aliphatic carbocycles. The lowest BCUT2D eigenvalue weighted by Crippen LogP contribution is -2.33. The summed E-state index contributed by atoms with van der Waals surface area (Å²) >= 11 is 1.78. The third-order valence-corrected chi connectivity index (χ3v) is 5.72. The minimum Gasteiger partial charge on any atom is -0.453 e. The van der Waals surface area contributed by atoms with Crippen LogP contribution < -0.4 is 0 Å². The molecule has 0 aliphatic heterocycles. The zero-order valence-corrected chi connectivity index (χ0v) is 18.3. The van der Waals surface area contributed by atoms with E-state index in [1.54, 1.807) is 22.6 Å². The van der Waals surface area contributed by atoms with Gasteiger partial charge in [0.05, 0.1) is 24.8 Å². The molecule has 2 rings (SSSR count). The van der Waals surface area contributed by atoms with Crippen LogP contribution in [0, 0.1) is 0 Å². The Hall–Kier alpha value is -1.93. The number of methoxy groups -OCH3 is 1. The van der Waals surface area contributed by atoms with Crippen LogP contribution in [0.4, 0.5) is 44.3 Å². The van der Waals surface area contributed by atoms with Crippen LogP contribution in [0.5, 0.6) is 0 Å². The maximum atomic E-state index is 13.1. The highest BCUT2D eigenvalue weighted by molar-refractivity contribution is 14.1. The Morgan fingerprint density at radius 3 is 1.88 bits per heavy atom. The van der Waals surface area contributed by atoms with Crippen molar-refractivity contribution < 1.29 is 49.0 Å². The summed E-state index contributed by atoms with van der Waals surface area (Å²) in [6.07, 6.45) is -15.3. The molecule has 0 heterocycles. The van der Waals surface area contributed by atoms with Crippen LogP contribution in [-0.4, -0.2) is 30.8 Å². The van der Waals surface area contributed by atoms with Crippen molar-refractivity contribution in [1.82, 2.24) is 4.90 Å². The van der Waals surface area contributed by atoms with Gasteiger partial charge in [-0.05, 0) is 74.4 Å². The first-order chi connectivity index (χ1) is 14.5. The Labute approximate surface area is 190 Å². The molecule has 0 spiro atoms. The van der Waals surface area contributed by atoms with Gasteiger partial charge in [0.15, 0.2) is 0 Å². The van der Waals surface area contributed by atoms with Crippen molar-refractivity contribution in [3.8, 4) is 0 Å². The van der Waals surface area contributed by atoms with Gasteiger partial charge in [-0.3, -0.25) is 4.90 Å². The van der Waals surface area contributed by atoms with E-state index >= 15 is 0 Å². The Morgan fingerprint density at radius 2 is 1.44 bits per heavy atom. The Bertz CT molecular complexity index is 898. The van der Waals surface area contributed by atoms with Gasteiger partial charge in [0.2, 0.25) is 0 Å². The van der Waals surface area contributed by atoms with Crippen molar-refractivity contribution in [3.63, 3.8) is 0 Å². The molecule has 1 aliphatic rings. The predicted molar refractivity (Wildman–Crippen MR) is 104 cm³/mol. The topological polar surface area (TPSA) is 29.5 Å². The highest BCUT2D eigenvalue weighted by Crippen LogP contribution is 2.39. The van der Waals surface area contributed by atoms with E-state index in [-0.39, 0.29) is 24.5 Å². The molecule has 3 nitrogen and oxygen atoms in total. The maximum absolute atomic E-state index is 13.1. The molecular formula is C19H15F9INO2. The molecule has 0 N–H and O–H groups in total. The van der Waals surface area contributed by atoms with Gasteiger partial charge in [-0.15, -0.1) is 0 Å². The summed E-state index contributed by atoms with van der Waals surface area (Å²) in [7, 11) is 0.930. The maximum Gasteiger partial charge on any atom is 0.416 e. The quantitative estimate of drug-likeness (QED) is 0.274. The number of nitrogens with zero attached hydrogens (tertiary/aromatic N) is 1. The third-order valence-electron chi connectivity index (χ3n) is 4.49. The molecular weight excluding hydrogens is 572 g/mol. The molecule has 13 heteroatoms. The van der Waals surface area contributed by atoms with Crippen LogP contribution >= 0.6 is 22.6 Å². The minimum absolute atomic E-state index is 0.0258.